The van der Waals surface area contributed by atoms with Crippen molar-refractivity contribution < 1.29 is 27.8 Å². The molecule has 0 aliphatic rings. The lowest BCUT2D eigenvalue weighted by Gasteiger charge is -2.11. The first-order chi connectivity index (χ1) is 14.5. The van der Waals surface area contributed by atoms with Crippen molar-refractivity contribution in [3.63, 3.8) is 0 Å². The van der Waals surface area contributed by atoms with Gasteiger partial charge in [-0.05, 0) is 36.3 Å². The summed E-state index contributed by atoms with van der Waals surface area (Å²) in [6, 6.07) is 13.8. The summed E-state index contributed by atoms with van der Waals surface area (Å²) in [6.07, 6.45) is 3.12. The van der Waals surface area contributed by atoms with E-state index in [9.17, 15) is 18.4 Å². The molecule has 0 saturated carbocycles. The molecule has 2 N–H and O–H groups in total. The zero-order valence-electron chi connectivity index (χ0n) is 16.6. The second-order valence-electron chi connectivity index (χ2n) is 6.15. The van der Waals surface area contributed by atoms with Crippen molar-refractivity contribution in [3.8, 4) is 11.5 Å². The minimum Gasteiger partial charge on any atom is -0.490 e. The van der Waals surface area contributed by atoms with Gasteiger partial charge < -0.3 is 20.1 Å². The molecule has 8 heteroatoms. The summed E-state index contributed by atoms with van der Waals surface area (Å²) in [7, 11) is 0. The van der Waals surface area contributed by atoms with Crippen molar-refractivity contribution in [2.45, 2.75) is 20.0 Å². The second-order valence-corrected chi connectivity index (χ2v) is 6.15. The molecule has 30 heavy (non-hydrogen) atoms. The van der Waals surface area contributed by atoms with Crippen molar-refractivity contribution in [1.29, 1.82) is 0 Å². The molecule has 0 heterocycles. The molecule has 2 amide bonds. The van der Waals surface area contributed by atoms with Crippen LogP contribution < -0.4 is 20.1 Å². The van der Waals surface area contributed by atoms with Crippen LogP contribution in [-0.2, 0) is 16.0 Å². The Morgan fingerprint density at radius 2 is 1.77 bits per heavy atom. The van der Waals surface area contributed by atoms with Gasteiger partial charge in [-0.15, -0.1) is 0 Å². The van der Waals surface area contributed by atoms with E-state index in [0.29, 0.717) is 12.1 Å². The number of alkyl halides is 2. The molecule has 0 atom stereocenters. The molecular formula is C22H24F2N2O4. The Kier molecular flexibility index (Phi) is 9.30. The summed E-state index contributed by atoms with van der Waals surface area (Å²) < 4.78 is 34.6. The fourth-order valence-electron chi connectivity index (χ4n) is 2.55. The summed E-state index contributed by atoms with van der Waals surface area (Å²) in [4.78, 5) is 23.7. The van der Waals surface area contributed by atoms with Gasteiger partial charge in [0.05, 0.1) is 13.0 Å². The third-order valence-electron chi connectivity index (χ3n) is 3.86. The van der Waals surface area contributed by atoms with Crippen LogP contribution in [0.3, 0.4) is 0 Å². The number of carbonyl (C=O) groups excluding carboxylic acids is 2. The largest absolute Gasteiger partial charge is 0.490 e. The molecule has 0 spiro atoms. The van der Waals surface area contributed by atoms with Gasteiger partial charge in [0.2, 0.25) is 11.8 Å². The molecule has 0 saturated heterocycles. The van der Waals surface area contributed by atoms with E-state index in [2.05, 4.69) is 15.4 Å². The van der Waals surface area contributed by atoms with Gasteiger partial charge in [-0.25, -0.2) is 0 Å². The summed E-state index contributed by atoms with van der Waals surface area (Å²) in [5.41, 5.74) is 1.50. The standard InChI is InChI=1S/C22H24F2N2O4/c1-2-29-19-14-17(8-10-18(19)30-22(23)24)9-11-20(27)25-12-13-26-21(28)15-16-6-4-3-5-7-16/h3-11,14,22H,2,12-13,15H2,1H3,(H,25,27)(H,26,28)/b11-9+. The van der Waals surface area contributed by atoms with Gasteiger partial charge in [-0.3, -0.25) is 9.59 Å². The Balaban J connectivity index is 1.77. The zero-order chi connectivity index (χ0) is 21.8. The van der Waals surface area contributed by atoms with E-state index in [0.717, 1.165) is 5.56 Å². The number of ether oxygens (including phenoxy) is 2. The lowest BCUT2D eigenvalue weighted by atomic mass is 10.1. The van der Waals surface area contributed by atoms with Crippen LogP contribution >= 0.6 is 0 Å². The first-order valence-corrected chi connectivity index (χ1v) is 9.46. The maximum Gasteiger partial charge on any atom is 0.387 e. The van der Waals surface area contributed by atoms with Crippen molar-refractivity contribution in [2.24, 2.45) is 0 Å². The molecule has 0 bridgehead atoms. The number of amides is 2. The van der Waals surface area contributed by atoms with E-state index in [1.54, 1.807) is 6.92 Å². The molecule has 0 fully saturated rings. The summed E-state index contributed by atoms with van der Waals surface area (Å²) in [5.74, 6) is -0.375. The van der Waals surface area contributed by atoms with Crippen LogP contribution in [0.5, 0.6) is 11.5 Å². The van der Waals surface area contributed by atoms with Gasteiger partial charge in [0.1, 0.15) is 0 Å². The highest BCUT2D eigenvalue weighted by Crippen LogP contribution is 2.30. The molecule has 0 radical (unpaired) electrons. The Bertz CT molecular complexity index is 857. The van der Waals surface area contributed by atoms with Gasteiger partial charge in [-0.1, -0.05) is 36.4 Å². The Hall–Kier alpha value is -3.42. The third-order valence-corrected chi connectivity index (χ3v) is 3.86. The Labute approximate surface area is 173 Å². The van der Waals surface area contributed by atoms with Crippen LogP contribution in [0.4, 0.5) is 8.78 Å². The Morgan fingerprint density at radius 1 is 1.03 bits per heavy atom. The number of nitrogens with one attached hydrogen (secondary N) is 2. The quantitative estimate of drug-likeness (QED) is 0.434. The SMILES string of the molecule is CCOc1cc(/C=C/C(=O)NCCNC(=O)Cc2ccccc2)ccc1OC(F)F. The summed E-state index contributed by atoms with van der Waals surface area (Å²) in [6.45, 7) is -0.372. The van der Waals surface area contributed by atoms with Crippen molar-refractivity contribution in [2.75, 3.05) is 19.7 Å². The molecule has 0 aliphatic heterocycles. The molecule has 0 aromatic heterocycles. The molecule has 0 unspecified atom stereocenters. The highest BCUT2D eigenvalue weighted by atomic mass is 19.3. The molecule has 0 aliphatic carbocycles. The molecule has 2 rings (SSSR count). The van der Waals surface area contributed by atoms with Crippen LogP contribution in [0.15, 0.2) is 54.6 Å². The van der Waals surface area contributed by atoms with Gasteiger partial charge >= 0.3 is 6.61 Å². The Morgan fingerprint density at radius 3 is 2.47 bits per heavy atom. The predicted molar refractivity (Wildman–Crippen MR) is 109 cm³/mol. The average molecular weight is 418 g/mol. The molecule has 2 aromatic carbocycles. The first kappa shape index (κ1) is 22.9. The topological polar surface area (TPSA) is 76.7 Å². The van der Waals surface area contributed by atoms with Crippen molar-refractivity contribution in [3.05, 3.63) is 65.7 Å². The number of hydrogen-bond donors (Lipinski definition) is 2. The maximum atomic E-state index is 12.4. The van der Waals surface area contributed by atoms with Crippen molar-refractivity contribution in [1.82, 2.24) is 10.6 Å². The number of hydrogen-bond acceptors (Lipinski definition) is 4. The van der Waals surface area contributed by atoms with E-state index in [1.165, 1.54) is 30.4 Å². The van der Waals surface area contributed by atoms with Crippen molar-refractivity contribution >= 4 is 17.9 Å². The van der Waals surface area contributed by atoms with Gasteiger partial charge in [0, 0.05) is 19.2 Å². The predicted octanol–water partition coefficient (Wildman–Crippen LogP) is 3.18. The lowest BCUT2D eigenvalue weighted by molar-refractivity contribution is -0.121. The lowest BCUT2D eigenvalue weighted by Crippen LogP contribution is -2.34. The van der Waals surface area contributed by atoms with E-state index < -0.39 is 6.61 Å². The number of rotatable bonds is 11. The number of carbonyl (C=O) groups is 2. The first-order valence-electron chi connectivity index (χ1n) is 9.46. The average Bonchev–Trinajstić information content (AvgIpc) is 2.72. The monoisotopic (exact) mass is 418 g/mol. The smallest absolute Gasteiger partial charge is 0.387 e. The highest BCUT2D eigenvalue weighted by molar-refractivity contribution is 5.91. The van der Waals surface area contributed by atoms with Gasteiger partial charge in [0.25, 0.3) is 0 Å². The fourth-order valence-corrected chi connectivity index (χ4v) is 2.55. The van der Waals surface area contributed by atoms with E-state index in [1.807, 2.05) is 30.3 Å². The van der Waals surface area contributed by atoms with E-state index in [4.69, 9.17) is 4.74 Å². The normalized spacial score (nSPS) is 10.8. The summed E-state index contributed by atoms with van der Waals surface area (Å²) in [5, 5.41) is 5.39. The van der Waals surface area contributed by atoms with Crippen LogP contribution in [0.25, 0.3) is 6.08 Å². The van der Waals surface area contributed by atoms with Crippen LogP contribution in [0, 0.1) is 0 Å². The van der Waals surface area contributed by atoms with Crippen LogP contribution in [0.2, 0.25) is 0 Å². The molecule has 160 valence electrons. The molecule has 6 nitrogen and oxygen atoms in total. The van der Waals surface area contributed by atoms with Gasteiger partial charge in [-0.2, -0.15) is 8.78 Å². The number of benzene rings is 2. The van der Waals surface area contributed by atoms with E-state index >= 15 is 0 Å². The zero-order valence-corrected chi connectivity index (χ0v) is 16.6. The minimum atomic E-state index is -2.95. The fraction of sp³-hybridized carbons (Fsp3) is 0.273. The highest BCUT2D eigenvalue weighted by Gasteiger charge is 2.11. The molecular weight excluding hydrogens is 394 g/mol. The van der Waals surface area contributed by atoms with E-state index in [-0.39, 0.29) is 42.9 Å². The third kappa shape index (κ3) is 8.30. The molecule has 2 aromatic rings. The minimum absolute atomic E-state index is 0.0697. The van der Waals surface area contributed by atoms with Crippen LogP contribution in [0.1, 0.15) is 18.1 Å². The second kappa shape index (κ2) is 12.2. The summed E-state index contributed by atoms with van der Waals surface area (Å²) >= 11 is 0. The van der Waals surface area contributed by atoms with Crippen LogP contribution in [-0.4, -0.2) is 38.1 Å². The maximum absolute atomic E-state index is 12.4. The van der Waals surface area contributed by atoms with Gasteiger partial charge in [0.15, 0.2) is 11.5 Å². The number of halogens is 2.